The van der Waals surface area contributed by atoms with Gasteiger partial charge in [-0.05, 0) is 49.9 Å². The van der Waals surface area contributed by atoms with Gasteiger partial charge in [0.1, 0.15) is 5.01 Å². The van der Waals surface area contributed by atoms with E-state index in [0.29, 0.717) is 16.8 Å². The second kappa shape index (κ2) is 5.91. The molecule has 5 nitrogen and oxygen atoms in total. The number of hydrogen-bond donors (Lipinski definition) is 1. The quantitative estimate of drug-likeness (QED) is 0.757. The molecular formula is C17H17N3O2S2. The summed E-state index contributed by atoms with van der Waals surface area (Å²) in [4.78, 5) is 10.00. The van der Waals surface area contributed by atoms with E-state index in [-0.39, 0.29) is 10.9 Å². The first-order valence-corrected chi connectivity index (χ1v) is 10.1. The van der Waals surface area contributed by atoms with Gasteiger partial charge in [-0.25, -0.2) is 18.1 Å². The van der Waals surface area contributed by atoms with Crippen molar-refractivity contribution in [1.29, 1.82) is 0 Å². The average Bonchev–Trinajstić information content (AvgIpc) is 3.33. The number of benzene rings is 1. The van der Waals surface area contributed by atoms with Gasteiger partial charge in [-0.3, -0.25) is 4.98 Å². The van der Waals surface area contributed by atoms with Gasteiger partial charge in [0.15, 0.2) is 0 Å². The normalized spacial score (nSPS) is 16.4. The van der Waals surface area contributed by atoms with Crippen LogP contribution in [0.3, 0.4) is 0 Å². The minimum atomic E-state index is -3.65. The molecule has 2 heterocycles. The zero-order valence-electron chi connectivity index (χ0n) is 13.1. The minimum Gasteiger partial charge on any atom is -0.256 e. The first kappa shape index (κ1) is 15.7. The van der Waals surface area contributed by atoms with Crippen LogP contribution in [0.25, 0.3) is 10.9 Å². The number of rotatable bonds is 5. The maximum atomic E-state index is 13.0. The molecule has 0 radical (unpaired) electrons. The summed E-state index contributed by atoms with van der Waals surface area (Å²) in [7, 11) is -3.65. The standard InChI is InChI=1S/C17H17N3O2S2/c1-11-10-19-17(23-11)16(12-7-8-12)20-24(21,22)15-6-2-5-14-13(15)4-3-9-18-14/h2-6,9-10,12,16,20H,7-8H2,1H3/t16-/m1/s1. The lowest BCUT2D eigenvalue weighted by molar-refractivity contribution is 0.528. The fourth-order valence-corrected chi connectivity index (χ4v) is 5.31. The molecule has 3 aromatic rings. The lowest BCUT2D eigenvalue weighted by Gasteiger charge is -2.17. The highest BCUT2D eigenvalue weighted by Gasteiger charge is 2.37. The van der Waals surface area contributed by atoms with Crippen molar-refractivity contribution in [2.24, 2.45) is 5.92 Å². The van der Waals surface area contributed by atoms with Gasteiger partial charge >= 0.3 is 0 Å². The maximum absolute atomic E-state index is 13.0. The van der Waals surface area contributed by atoms with Crippen molar-refractivity contribution >= 4 is 32.3 Å². The molecule has 0 amide bonds. The molecule has 1 N–H and O–H groups in total. The summed E-state index contributed by atoms with van der Waals surface area (Å²) in [5.41, 5.74) is 0.674. The zero-order valence-corrected chi connectivity index (χ0v) is 14.8. The molecule has 0 saturated heterocycles. The van der Waals surface area contributed by atoms with Crippen molar-refractivity contribution in [2.45, 2.75) is 30.7 Å². The second-order valence-electron chi connectivity index (χ2n) is 6.07. The van der Waals surface area contributed by atoms with Crippen molar-refractivity contribution in [2.75, 3.05) is 0 Å². The fourth-order valence-electron chi connectivity index (χ4n) is 2.83. The molecule has 0 spiro atoms. The van der Waals surface area contributed by atoms with Gasteiger partial charge in [0.25, 0.3) is 0 Å². The Morgan fingerprint density at radius 2 is 2.04 bits per heavy atom. The van der Waals surface area contributed by atoms with Crippen LogP contribution in [-0.4, -0.2) is 18.4 Å². The van der Waals surface area contributed by atoms with E-state index in [2.05, 4.69) is 14.7 Å². The second-order valence-corrected chi connectivity index (χ2v) is 9.02. The number of thiazole rings is 1. The molecule has 0 bridgehead atoms. The Hall–Kier alpha value is -1.83. The van der Waals surface area contributed by atoms with Gasteiger partial charge in [-0.15, -0.1) is 11.3 Å². The van der Waals surface area contributed by atoms with E-state index < -0.39 is 10.0 Å². The number of nitrogens with one attached hydrogen (secondary N) is 1. The molecule has 7 heteroatoms. The summed E-state index contributed by atoms with van der Waals surface area (Å²) in [6.07, 6.45) is 5.52. The van der Waals surface area contributed by atoms with E-state index in [4.69, 9.17) is 0 Å². The lowest BCUT2D eigenvalue weighted by atomic mass is 10.2. The van der Waals surface area contributed by atoms with Crippen LogP contribution in [0.2, 0.25) is 0 Å². The van der Waals surface area contributed by atoms with E-state index in [1.165, 1.54) is 0 Å². The Bertz CT molecular complexity index is 988. The molecule has 4 rings (SSSR count). The third-order valence-electron chi connectivity index (χ3n) is 4.18. The molecule has 124 valence electrons. The van der Waals surface area contributed by atoms with E-state index in [1.54, 1.807) is 48.0 Å². The van der Waals surface area contributed by atoms with E-state index in [1.807, 2.05) is 13.0 Å². The first-order valence-electron chi connectivity index (χ1n) is 7.83. The number of nitrogens with zero attached hydrogens (tertiary/aromatic N) is 2. The summed E-state index contributed by atoms with van der Waals surface area (Å²) in [6.45, 7) is 1.98. The Balaban J connectivity index is 1.74. The van der Waals surface area contributed by atoms with Crippen molar-refractivity contribution in [3.8, 4) is 0 Å². The maximum Gasteiger partial charge on any atom is 0.241 e. The number of hydrogen-bond acceptors (Lipinski definition) is 5. The SMILES string of the molecule is Cc1cnc([C@H](NS(=O)(=O)c2cccc3ncccc23)C2CC2)s1. The van der Waals surface area contributed by atoms with Crippen LogP contribution in [0.5, 0.6) is 0 Å². The van der Waals surface area contributed by atoms with Gasteiger partial charge < -0.3 is 0 Å². The van der Waals surface area contributed by atoms with Crippen LogP contribution >= 0.6 is 11.3 Å². The van der Waals surface area contributed by atoms with Gasteiger partial charge in [-0.2, -0.15) is 0 Å². The van der Waals surface area contributed by atoms with Crippen LogP contribution in [-0.2, 0) is 10.0 Å². The van der Waals surface area contributed by atoms with Crippen LogP contribution in [0.1, 0.15) is 28.8 Å². The number of pyridine rings is 1. The summed E-state index contributed by atoms with van der Waals surface area (Å²) >= 11 is 1.55. The monoisotopic (exact) mass is 359 g/mol. The van der Waals surface area contributed by atoms with E-state index in [0.717, 1.165) is 22.7 Å². The number of fused-ring (bicyclic) bond motifs is 1. The molecule has 0 unspecified atom stereocenters. The molecule has 0 aliphatic heterocycles. The van der Waals surface area contributed by atoms with Crippen molar-refractivity contribution in [1.82, 2.24) is 14.7 Å². The van der Waals surface area contributed by atoms with Gasteiger partial charge in [-0.1, -0.05) is 6.07 Å². The molecule has 1 aromatic carbocycles. The Morgan fingerprint density at radius 1 is 1.21 bits per heavy atom. The predicted molar refractivity (Wildman–Crippen MR) is 94.4 cm³/mol. The molecule has 1 atom stereocenters. The minimum absolute atomic E-state index is 0.249. The van der Waals surface area contributed by atoms with E-state index in [9.17, 15) is 8.42 Å². The summed E-state index contributed by atoms with van der Waals surface area (Å²) in [6, 6.07) is 8.46. The molecular weight excluding hydrogens is 342 g/mol. The summed E-state index contributed by atoms with van der Waals surface area (Å²) in [5.74, 6) is 0.332. The Morgan fingerprint density at radius 3 is 2.75 bits per heavy atom. The highest BCUT2D eigenvalue weighted by atomic mass is 32.2. The van der Waals surface area contributed by atoms with Crippen LogP contribution in [0.15, 0.2) is 47.6 Å². The van der Waals surface area contributed by atoms with Crippen molar-refractivity contribution in [3.63, 3.8) is 0 Å². The van der Waals surface area contributed by atoms with E-state index >= 15 is 0 Å². The van der Waals surface area contributed by atoms with Gasteiger partial charge in [0.05, 0.1) is 16.5 Å². The third-order valence-corrected chi connectivity index (χ3v) is 6.67. The first-order chi connectivity index (χ1) is 11.5. The molecule has 2 aromatic heterocycles. The highest BCUT2D eigenvalue weighted by Crippen LogP contribution is 2.43. The van der Waals surface area contributed by atoms with Crippen LogP contribution in [0, 0.1) is 12.8 Å². The lowest BCUT2D eigenvalue weighted by Crippen LogP contribution is -2.30. The predicted octanol–water partition coefficient (Wildman–Crippen LogP) is 3.43. The number of aryl methyl sites for hydroxylation is 1. The average molecular weight is 359 g/mol. The third kappa shape index (κ3) is 2.94. The van der Waals surface area contributed by atoms with Crippen LogP contribution in [0.4, 0.5) is 0 Å². The molecule has 1 saturated carbocycles. The van der Waals surface area contributed by atoms with Gasteiger partial charge in [0, 0.05) is 22.7 Å². The van der Waals surface area contributed by atoms with Crippen molar-refractivity contribution < 1.29 is 8.42 Å². The van der Waals surface area contributed by atoms with Gasteiger partial charge in [0.2, 0.25) is 10.0 Å². The number of sulfonamides is 1. The summed E-state index contributed by atoms with van der Waals surface area (Å²) < 4.78 is 28.9. The Kier molecular flexibility index (Phi) is 3.86. The smallest absolute Gasteiger partial charge is 0.241 e. The molecule has 1 aliphatic carbocycles. The van der Waals surface area contributed by atoms with Crippen molar-refractivity contribution in [3.05, 3.63) is 52.6 Å². The number of aromatic nitrogens is 2. The fraction of sp³-hybridized carbons (Fsp3) is 0.294. The summed E-state index contributed by atoms with van der Waals surface area (Å²) in [5, 5.41) is 1.48. The van der Waals surface area contributed by atoms with Crippen LogP contribution < -0.4 is 4.72 Å². The Labute approximate surface area is 144 Å². The molecule has 1 aliphatic rings. The zero-order chi connectivity index (χ0) is 16.7. The largest absolute Gasteiger partial charge is 0.256 e. The topological polar surface area (TPSA) is 72.0 Å². The molecule has 1 fully saturated rings. The highest BCUT2D eigenvalue weighted by molar-refractivity contribution is 7.89. The molecule has 24 heavy (non-hydrogen) atoms.